The third-order valence-corrected chi connectivity index (χ3v) is 3.16. The summed E-state index contributed by atoms with van der Waals surface area (Å²) in [5, 5.41) is 1.10. The Bertz CT molecular complexity index is 377. The predicted molar refractivity (Wildman–Crippen MR) is 54.7 cm³/mol. The minimum Gasteiger partial charge on any atom is -0.327 e. The number of nitrogens with two attached hydrogens (primary N) is 1. The van der Waals surface area contributed by atoms with Gasteiger partial charge in [-0.15, -0.1) is 11.3 Å². The molecule has 1 unspecified atom stereocenters. The monoisotopic (exact) mass is 195 g/mol. The van der Waals surface area contributed by atoms with E-state index in [-0.39, 0.29) is 6.54 Å². The first-order valence-electron chi connectivity index (χ1n) is 4.14. The molecule has 0 radical (unpaired) electrons. The zero-order valence-electron chi connectivity index (χ0n) is 7.03. The fourth-order valence-corrected chi connectivity index (χ4v) is 2.33. The molecule has 0 saturated heterocycles. The summed E-state index contributed by atoms with van der Waals surface area (Å²) in [6.45, 7) is 0.0623. The quantitative estimate of drug-likeness (QED) is 0.783. The van der Waals surface area contributed by atoms with E-state index in [9.17, 15) is 4.39 Å². The van der Waals surface area contributed by atoms with Gasteiger partial charge in [-0.2, -0.15) is 0 Å². The van der Waals surface area contributed by atoms with E-state index in [0.29, 0.717) is 0 Å². The van der Waals surface area contributed by atoms with Gasteiger partial charge in [0.25, 0.3) is 0 Å². The van der Waals surface area contributed by atoms with Crippen molar-refractivity contribution in [1.82, 2.24) is 0 Å². The molecule has 2 rings (SSSR count). The Morgan fingerprint density at radius 1 is 1.38 bits per heavy atom. The molecule has 0 fully saturated rings. The van der Waals surface area contributed by atoms with Crippen molar-refractivity contribution in [2.24, 2.45) is 5.73 Å². The fraction of sp³-hybridized carbons (Fsp3) is 0.200. The summed E-state index contributed by atoms with van der Waals surface area (Å²) in [5.41, 5.74) is 5.26. The standard InChI is InChI=1S/C10H10FNS/c11-8(6-12)10-5-7-3-1-2-4-9(7)13-10/h1-5,8H,6,12H2. The van der Waals surface area contributed by atoms with Gasteiger partial charge in [0.1, 0.15) is 6.17 Å². The number of halogens is 1. The van der Waals surface area contributed by atoms with Gasteiger partial charge in [-0.05, 0) is 17.5 Å². The van der Waals surface area contributed by atoms with Crippen molar-refractivity contribution >= 4 is 21.4 Å². The van der Waals surface area contributed by atoms with Crippen LogP contribution in [-0.4, -0.2) is 6.54 Å². The summed E-state index contributed by atoms with van der Waals surface area (Å²) in [4.78, 5) is 0.726. The van der Waals surface area contributed by atoms with Gasteiger partial charge in [-0.25, -0.2) is 4.39 Å². The summed E-state index contributed by atoms with van der Waals surface area (Å²) in [5.74, 6) is 0. The van der Waals surface area contributed by atoms with Gasteiger partial charge in [-0.3, -0.25) is 0 Å². The first kappa shape index (κ1) is 8.66. The van der Waals surface area contributed by atoms with Gasteiger partial charge >= 0.3 is 0 Å². The zero-order chi connectivity index (χ0) is 9.26. The maximum absolute atomic E-state index is 13.2. The number of fused-ring (bicyclic) bond motifs is 1. The van der Waals surface area contributed by atoms with Crippen LogP contribution in [0.15, 0.2) is 30.3 Å². The molecule has 2 aromatic rings. The van der Waals surface area contributed by atoms with Gasteiger partial charge in [0.2, 0.25) is 0 Å². The van der Waals surface area contributed by atoms with Crippen LogP contribution in [0, 0.1) is 0 Å². The average Bonchev–Trinajstić information content (AvgIpc) is 2.59. The lowest BCUT2D eigenvalue weighted by Crippen LogP contribution is -2.05. The van der Waals surface area contributed by atoms with Crippen LogP contribution in [-0.2, 0) is 0 Å². The Balaban J connectivity index is 2.49. The third kappa shape index (κ3) is 1.57. The van der Waals surface area contributed by atoms with Crippen LogP contribution in [0.5, 0.6) is 0 Å². The van der Waals surface area contributed by atoms with Crippen molar-refractivity contribution in [2.45, 2.75) is 6.17 Å². The zero-order valence-corrected chi connectivity index (χ0v) is 7.85. The third-order valence-electron chi connectivity index (χ3n) is 1.96. The smallest absolute Gasteiger partial charge is 0.146 e. The molecule has 13 heavy (non-hydrogen) atoms. The highest BCUT2D eigenvalue weighted by Gasteiger charge is 2.10. The van der Waals surface area contributed by atoms with E-state index in [1.54, 1.807) is 0 Å². The molecule has 0 spiro atoms. The normalized spacial score (nSPS) is 13.4. The highest BCUT2D eigenvalue weighted by molar-refractivity contribution is 7.19. The van der Waals surface area contributed by atoms with Crippen LogP contribution in [0.2, 0.25) is 0 Å². The van der Waals surface area contributed by atoms with Crippen LogP contribution in [0.3, 0.4) is 0 Å². The summed E-state index contributed by atoms with van der Waals surface area (Å²) in [6, 6.07) is 9.76. The van der Waals surface area contributed by atoms with E-state index < -0.39 is 6.17 Å². The molecule has 1 aromatic heterocycles. The molecule has 2 N–H and O–H groups in total. The number of hydrogen-bond acceptors (Lipinski definition) is 2. The molecule has 0 amide bonds. The van der Waals surface area contributed by atoms with Gasteiger partial charge in [-0.1, -0.05) is 18.2 Å². The molecule has 0 saturated carbocycles. The van der Waals surface area contributed by atoms with Crippen LogP contribution < -0.4 is 5.73 Å². The lowest BCUT2D eigenvalue weighted by atomic mass is 10.2. The van der Waals surface area contributed by atoms with Crippen LogP contribution in [0.4, 0.5) is 4.39 Å². The average molecular weight is 195 g/mol. The molecule has 1 heterocycles. The Labute approximate surface area is 80.0 Å². The maximum Gasteiger partial charge on any atom is 0.146 e. The van der Waals surface area contributed by atoms with E-state index in [2.05, 4.69) is 0 Å². The lowest BCUT2D eigenvalue weighted by Gasteiger charge is -1.98. The Hall–Kier alpha value is -0.930. The second-order valence-corrected chi connectivity index (χ2v) is 4.01. The Kier molecular flexibility index (Phi) is 2.29. The summed E-state index contributed by atoms with van der Waals surface area (Å²) in [7, 11) is 0. The molecule has 0 bridgehead atoms. The predicted octanol–water partition coefficient (Wildman–Crippen LogP) is 2.87. The number of alkyl halides is 1. The largest absolute Gasteiger partial charge is 0.327 e. The van der Waals surface area contributed by atoms with E-state index >= 15 is 0 Å². The molecule has 1 atom stereocenters. The number of rotatable bonds is 2. The minimum atomic E-state index is -1.02. The lowest BCUT2D eigenvalue weighted by molar-refractivity contribution is 0.359. The van der Waals surface area contributed by atoms with Crippen LogP contribution >= 0.6 is 11.3 Å². The molecule has 0 aliphatic carbocycles. The van der Waals surface area contributed by atoms with Crippen molar-refractivity contribution in [3.05, 3.63) is 35.2 Å². The van der Waals surface area contributed by atoms with Gasteiger partial charge in [0.05, 0.1) is 0 Å². The Morgan fingerprint density at radius 3 is 2.85 bits per heavy atom. The molecular weight excluding hydrogens is 185 g/mol. The SMILES string of the molecule is NCC(F)c1cc2ccccc2s1. The van der Waals surface area contributed by atoms with E-state index in [1.807, 2.05) is 30.3 Å². The topological polar surface area (TPSA) is 26.0 Å². The maximum atomic E-state index is 13.2. The van der Waals surface area contributed by atoms with Crippen molar-refractivity contribution < 1.29 is 4.39 Å². The number of thiophene rings is 1. The van der Waals surface area contributed by atoms with Crippen molar-refractivity contribution in [3.63, 3.8) is 0 Å². The van der Waals surface area contributed by atoms with Crippen molar-refractivity contribution in [1.29, 1.82) is 0 Å². The van der Waals surface area contributed by atoms with E-state index in [0.717, 1.165) is 15.0 Å². The molecule has 3 heteroatoms. The molecule has 1 aromatic carbocycles. The molecular formula is C10H10FNS. The van der Waals surface area contributed by atoms with Gasteiger partial charge in [0, 0.05) is 16.1 Å². The molecule has 0 aliphatic rings. The summed E-state index contributed by atoms with van der Waals surface area (Å²) in [6.07, 6.45) is -1.02. The van der Waals surface area contributed by atoms with E-state index in [4.69, 9.17) is 5.73 Å². The first-order valence-corrected chi connectivity index (χ1v) is 4.95. The van der Waals surface area contributed by atoms with Gasteiger partial charge < -0.3 is 5.73 Å². The van der Waals surface area contributed by atoms with Gasteiger partial charge in [0.15, 0.2) is 0 Å². The van der Waals surface area contributed by atoms with Crippen molar-refractivity contribution in [2.75, 3.05) is 6.54 Å². The second kappa shape index (κ2) is 3.44. The number of hydrogen-bond donors (Lipinski definition) is 1. The van der Waals surface area contributed by atoms with Crippen LogP contribution in [0.25, 0.3) is 10.1 Å². The fourth-order valence-electron chi connectivity index (χ4n) is 1.27. The summed E-state index contributed by atoms with van der Waals surface area (Å²) >= 11 is 1.47. The summed E-state index contributed by atoms with van der Waals surface area (Å²) < 4.78 is 14.3. The molecule has 1 nitrogen and oxygen atoms in total. The Morgan fingerprint density at radius 2 is 2.15 bits per heavy atom. The van der Waals surface area contributed by atoms with Crippen LogP contribution in [0.1, 0.15) is 11.0 Å². The molecule has 68 valence electrons. The second-order valence-electron chi connectivity index (χ2n) is 2.89. The molecule has 0 aliphatic heterocycles. The highest BCUT2D eigenvalue weighted by atomic mass is 32.1. The van der Waals surface area contributed by atoms with E-state index in [1.165, 1.54) is 11.3 Å². The number of benzene rings is 1. The minimum absolute atomic E-state index is 0.0623. The highest BCUT2D eigenvalue weighted by Crippen LogP contribution is 2.30. The van der Waals surface area contributed by atoms with Crippen molar-refractivity contribution in [3.8, 4) is 0 Å². The first-order chi connectivity index (χ1) is 6.31.